The third kappa shape index (κ3) is 3.71. The van der Waals surface area contributed by atoms with Gasteiger partial charge in [0.25, 0.3) is 0 Å². The molecule has 13 heavy (non-hydrogen) atoms. The lowest BCUT2D eigenvalue weighted by atomic mass is 10.3. The van der Waals surface area contributed by atoms with Crippen LogP contribution in [0.2, 0.25) is 0 Å². The molecule has 1 aliphatic heterocycles. The van der Waals surface area contributed by atoms with Crippen LogP contribution in [0.3, 0.4) is 0 Å². The molecule has 5 nitrogen and oxygen atoms in total. The fourth-order valence-corrected chi connectivity index (χ4v) is 1.04. The number of esters is 1. The molecule has 0 spiro atoms. The lowest BCUT2D eigenvalue weighted by Gasteiger charge is -2.21. The minimum atomic E-state index is -0.314. The summed E-state index contributed by atoms with van der Waals surface area (Å²) >= 11 is 0. The van der Waals surface area contributed by atoms with Gasteiger partial charge in [-0.25, -0.2) is 0 Å². The van der Waals surface area contributed by atoms with Crippen LogP contribution in [-0.2, 0) is 19.0 Å². The quantitative estimate of drug-likeness (QED) is 0.462. The Hall–Kier alpha value is -0.650. The summed E-state index contributed by atoms with van der Waals surface area (Å²) in [6.07, 6.45) is 0. The van der Waals surface area contributed by atoms with E-state index in [-0.39, 0.29) is 12.0 Å². The van der Waals surface area contributed by atoms with E-state index in [1.807, 2.05) is 0 Å². The van der Waals surface area contributed by atoms with E-state index in [9.17, 15) is 4.79 Å². The second-order valence-electron chi connectivity index (χ2n) is 2.74. The molecule has 1 aliphatic rings. The Morgan fingerprint density at radius 2 is 2.46 bits per heavy atom. The molecule has 0 aromatic heterocycles. The van der Waals surface area contributed by atoms with Crippen LogP contribution in [0.25, 0.3) is 0 Å². The highest BCUT2D eigenvalue weighted by molar-refractivity contribution is 5.76. The van der Waals surface area contributed by atoms with E-state index >= 15 is 0 Å². The van der Waals surface area contributed by atoms with Crippen LogP contribution in [0.4, 0.5) is 0 Å². The summed E-state index contributed by atoms with van der Waals surface area (Å²) < 4.78 is 14.8. The van der Waals surface area contributed by atoms with Crippen molar-refractivity contribution in [2.45, 2.75) is 6.04 Å². The minimum Gasteiger partial charge on any atom is -0.462 e. The highest BCUT2D eigenvalue weighted by Crippen LogP contribution is 1.95. The molecule has 1 saturated heterocycles. The van der Waals surface area contributed by atoms with Gasteiger partial charge in [0, 0.05) is 13.7 Å². The van der Waals surface area contributed by atoms with E-state index in [4.69, 9.17) is 14.2 Å². The summed E-state index contributed by atoms with van der Waals surface area (Å²) in [6.45, 7) is 2.48. The Labute approximate surface area is 77.3 Å². The topological polar surface area (TPSA) is 56.8 Å². The molecule has 1 fully saturated rings. The smallest absolute Gasteiger partial charge is 0.325 e. The van der Waals surface area contributed by atoms with Gasteiger partial charge < -0.3 is 19.5 Å². The normalized spacial score (nSPS) is 22.7. The Morgan fingerprint density at radius 1 is 1.62 bits per heavy atom. The van der Waals surface area contributed by atoms with Gasteiger partial charge in [-0.15, -0.1) is 0 Å². The summed E-state index contributed by atoms with van der Waals surface area (Å²) in [7, 11) is 1.57. The zero-order valence-corrected chi connectivity index (χ0v) is 7.75. The van der Waals surface area contributed by atoms with Crippen LogP contribution in [-0.4, -0.2) is 52.1 Å². The molecule has 5 heteroatoms. The van der Waals surface area contributed by atoms with E-state index in [0.29, 0.717) is 33.0 Å². The van der Waals surface area contributed by atoms with Crippen molar-refractivity contribution >= 4 is 5.97 Å². The molecular formula is C8H15NO4. The van der Waals surface area contributed by atoms with Crippen LogP contribution < -0.4 is 5.32 Å². The fraction of sp³-hybridized carbons (Fsp3) is 0.875. The maximum atomic E-state index is 11.3. The maximum absolute atomic E-state index is 11.3. The number of methoxy groups -OCH3 is 1. The molecule has 1 rings (SSSR count). The van der Waals surface area contributed by atoms with E-state index < -0.39 is 0 Å². The molecular weight excluding hydrogens is 174 g/mol. The molecule has 0 saturated carbocycles. The van der Waals surface area contributed by atoms with Crippen molar-refractivity contribution in [3.8, 4) is 0 Å². The SMILES string of the molecule is COCCOC(=O)C1COCCN1. The van der Waals surface area contributed by atoms with Crippen LogP contribution in [0.1, 0.15) is 0 Å². The minimum absolute atomic E-state index is 0.267. The largest absolute Gasteiger partial charge is 0.462 e. The lowest BCUT2D eigenvalue weighted by Crippen LogP contribution is -2.47. The van der Waals surface area contributed by atoms with E-state index in [1.165, 1.54) is 0 Å². The highest BCUT2D eigenvalue weighted by Gasteiger charge is 2.22. The number of hydrogen-bond donors (Lipinski definition) is 1. The molecule has 76 valence electrons. The summed E-state index contributed by atoms with van der Waals surface area (Å²) in [5, 5.41) is 3.01. The van der Waals surface area contributed by atoms with Crippen LogP contribution in [0.15, 0.2) is 0 Å². The van der Waals surface area contributed by atoms with Gasteiger partial charge in [-0.1, -0.05) is 0 Å². The highest BCUT2D eigenvalue weighted by atomic mass is 16.6. The van der Waals surface area contributed by atoms with Crippen molar-refractivity contribution in [3.63, 3.8) is 0 Å². The summed E-state index contributed by atoms with van der Waals surface area (Å²) in [5.41, 5.74) is 0. The summed E-state index contributed by atoms with van der Waals surface area (Å²) in [6, 6.07) is -0.314. The Bertz CT molecular complexity index is 156. The Balaban J connectivity index is 2.13. The van der Waals surface area contributed by atoms with Crippen LogP contribution >= 0.6 is 0 Å². The van der Waals surface area contributed by atoms with Crippen molar-refractivity contribution in [3.05, 3.63) is 0 Å². The second kappa shape index (κ2) is 5.90. The van der Waals surface area contributed by atoms with Crippen LogP contribution in [0.5, 0.6) is 0 Å². The predicted octanol–water partition coefficient (Wildman–Crippen LogP) is -0.836. The van der Waals surface area contributed by atoms with Crippen molar-refractivity contribution in [1.82, 2.24) is 5.32 Å². The molecule has 1 heterocycles. The third-order valence-corrected chi connectivity index (χ3v) is 1.74. The first-order valence-electron chi connectivity index (χ1n) is 4.31. The zero-order valence-electron chi connectivity index (χ0n) is 7.75. The Morgan fingerprint density at radius 3 is 3.08 bits per heavy atom. The first-order valence-corrected chi connectivity index (χ1v) is 4.31. The average Bonchev–Trinajstić information content (AvgIpc) is 2.19. The molecule has 1 N–H and O–H groups in total. The van der Waals surface area contributed by atoms with Gasteiger partial charge in [0.15, 0.2) is 0 Å². The molecule has 0 aromatic carbocycles. The number of rotatable bonds is 4. The van der Waals surface area contributed by atoms with Crippen LogP contribution in [0, 0.1) is 0 Å². The standard InChI is InChI=1S/C8H15NO4/c1-11-4-5-13-8(10)7-6-12-3-2-9-7/h7,9H,2-6H2,1H3. The number of carbonyl (C=O) groups excluding carboxylic acids is 1. The lowest BCUT2D eigenvalue weighted by molar-refractivity contribution is -0.150. The predicted molar refractivity (Wildman–Crippen MR) is 45.4 cm³/mol. The number of carbonyl (C=O) groups is 1. The van der Waals surface area contributed by atoms with Crippen molar-refractivity contribution in [2.24, 2.45) is 0 Å². The van der Waals surface area contributed by atoms with E-state index in [1.54, 1.807) is 7.11 Å². The van der Waals surface area contributed by atoms with E-state index in [2.05, 4.69) is 5.32 Å². The molecule has 0 aromatic rings. The molecule has 1 unspecified atom stereocenters. The number of morpholine rings is 1. The van der Waals surface area contributed by atoms with Gasteiger partial charge in [0.2, 0.25) is 0 Å². The van der Waals surface area contributed by atoms with Gasteiger partial charge in [0.05, 0.1) is 19.8 Å². The molecule has 0 radical (unpaired) electrons. The first kappa shape index (κ1) is 10.4. The van der Waals surface area contributed by atoms with Crippen molar-refractivity contribution < 1.29 is 19.0 Å². The number of hydrogen-bond acceptors (Lipinski definition) is 5. The van der Waals surface area contributed by atoms with Crippen molar-refractivity contribution in [1.29, 1.82) is 0 Å². The fourth-order valence-electron chi connectivity index (χ4n) is 1.04. The summed E-state index contributed by atoms with van der Waals surface area (Å²) in [5.74, 6) is -0.267. The number of nitrogens with one attached hydrogen (secondary N) is 1. The van der Waals surface area contributed by atoms with Gasteiger partial charge in [-0.2, -0.15) is 0 Å². The second-order valence-corrected chi connectivity index (χ2v) is 2.74. The van der Waals surface area contributed by atoms with Crippen molar-refractivity contribution in [2.75, 3.05) is 40.1 Å². The first-order chi connectivity index (χ1) is 6.34. The molecule has 0 amide bonds. The average molecular weight is 189 g/mol. The molecule has 0 bridgehead atoms. The zero-order chi connectivity index (χ0) is 9.52. The third-order valence-electron chi connectivity index (χ3n) is 1.74. The van der Waals surface area contributed by atoms with Gasteiger partial charge in [0.1, 0.15) is 12.6 Å². The summed E-state index contributed by atoms with van der Waals surface area (Å²) in [4.78, 5) is 11.3. The molecule has 1 atom stereocenters. The van der Waals surface area contributed by atoms with E-state index in [0.717, 1.165) is 0 Å². The van der Waals surface area contributed by atoms with Gasteiger partial charge in [-0.05, 0) is 0 Å². The monoisotopic (exact) mass is 189 g/mol. The van der Waals surface area contributed by atoms with Gasteiger partial charge >= 0.3 is 5.97 Å². The maximum Gasteiger partial charge on any atom is 0.325 e. The Kier molecular flexibility index (Phi) is 4.74. The number of ether oxygens (including phenoxy) is 3. The molecule has 0 aliphatic carbocycles. The van der Waals surface area contributed by atoms with Gasteiger partial charge in [-0.3, -0.25) is 4.79 Å².